The molecule has 3 aromatic heterocycles. The predicted octanol–water partition coefficient (Wildman–Crippen LogP) is 3.68. The summed E-state index contributed by atoms with van der Waals surface area (Å²) in [7, 11) is 0. The Morgan fingerprint density at radius 1 is 1.12 bits per heavy atom. The molecule has 6 N–H and O–H groups in total. The molecule has 1 unspecified atom stereocenters. The number of fused-ring (bicyclic) bond motifs is 1. The number of nitriles is 1. The number of carbonyl (C=O) groups excluding carboxylic acids is 1. The van der Waals surface area contributed by atoms with E-state index in [-0.39, 0.29) is 17.2 Å². The Morgan fingerprint density at radius 3 is 2.62 bits per heavy atom. The van der Waals surface area contributed by atoms with Gasteiger partial charge in [-0.05, 0) is 35.7 Å². The largest absolute Gasteiger partial charge is 0.383 e. The van der Waals surface area contributed by atoms with Crippen LogP contribution in [-0.4, -0.2) is 37.0 Å². The number of nitrogens with two attached hydrogens (primary N) is 2. The molecule has 11 nitrogen and oxygen atoms in total. The van der Waals surface area contributed by atoms with Crippen LogP contribution in [0.15, 0.2) is 61.2 Å². The third-order valence-electron chi connectivity index (χ3n) is 6.67. The van der Waals surface area contributed by atoms with Crippen LogP contribution in [0.4, 0.5) is 20.4 Å². The number of amides is 1. The first-order chi connectivity index (χ1) is 20.3. The molecular formula is C29H26F2N10O. The Hall–Kier alpha value is -5.48. The topological polar surface area (TPSA) is 173 Å². The van der Waals surface area contributed by atoms with E-state index in [1.54, 1.807) is 6.92 Å². The van der Waals surface area contributed by atoms with E-state index < -0.39 is 23.6 Å². The van der Waals surface area contributed by atoms with Crippen molar-refractivity contribution in [2.45, 2.75) is 26.1 Å². The van der Waals surface area contributed by atoms with Crippen molar-refractivity contribution in [1.29, 1.82) is 5.26 Å². The van der Waals surface area contributed by atoms with Crippen LogP contribution in [0.2, 0.25) is 0 Å². The second-order valence-corrected chi connectivity index (χ2v) is 9.47. The second-order valence-electron chi connectivity index (χ2n) is 9.47. The number of hydrogen-bond donors (Lipinski definition) is 4. The lowest BCUT2D eigenvalue weighted by Crippen LogP contribution is -2.29. The highest BCUT2D eigenvalue weighted by atomic mass is 19.2. The molecule has 13 heteroatoms. The maximum atomic E-state index is 13.7. The molecule has 0 aliphatic heterocycles. The van der Waals surface area contributed by atoms with Crippen molar-refractivity contribution in [2.24, 2.45) is 5.73 Å². The number of nitrogen functional groups attached to an aromatic ring is 1. The van der Waals surface area contributed by atoms with Gasteiger partial charge >= 0.3 is 0 Å². The Kier molecular flexibility index (Phi) is 7.98. The van der Waals surface area contributed by atoms with Crippen LogP contribution >= 0.6 is 0 Å². The number of carbonyl (C=O) groups is 1. The highest BCUT2D eigenvalue weighted by Crippen LogP contribution is 2.32. The van der Waals surface area contributed by atoms with Gasteiger partial charge in [-0.2, -0.15) is 5.26 Å². The normalized spacial score (nSPS) is 11.7. The molecule has 3 heterocycles. The molecule has 0 radical (unpaired) electrons. The van der Waals surface area contributed by atoms with E-state index in [1.165, 1.54) is 18.6 Å². The molecule has 212 valence electrons. The third kappa shape index (κ3) is 5.70. The van der Waals surface area contributed by atoms with E-state index in [4.69, 9.17) is 11.5 Å². The van der Waals surface area contributed by atoms with Crippen molar-refractivity contribution in [3.8, 4) is 17.2 Å². The van der Waals surface area contributed by atoms with Crippen LogP contribution in [0.3, 0.4) is 0 Å². The molecule has 0 spiro atoms. The smallest absolute Gasteiger partial charge is 0.274 e. The van der Waals surface area contributed by atoms with Crippen molar-refractivity contribution < 1.29 is 13.6 Å². The summed E-state index contributed by atoms with van der Waals surface area (Å²) in [5, 5.41) is 15.8. The molecule has 5 aromatic rings. The maximum Gasteiger partial charge on any atom is 0.274 e. The number of rotatable bonds is 9. The van der Waals surface area contributed by atoms with Crippen molar-refractivity contribution in [2.75, 3.05) is 17.6 Å². The zero-order chi connectivity index (χ0) is 29.8. The number of nitrogens with zero attached hydrogens (tertiary/aromatic N) is 6. The molecule has 1 atom stereocenters. The van der Waals surface area contributed by atoms with E-state index in [9.17, 15) is 18.8 Å². The summed E-state index contributed by atoms with van der Waals surface area (Å²) >= 11 is 0. The molecular weight excluding hydrogens is 542 g/mol. The summed E-state index contributed by atoms with van der Waals surface area (Å²) in [6, 6.07) is 12.3. The molecule has 0 saturated carbocycles. The summed E-state index contributed by atoms with van der Waals surface area (Å²) in [6.45, 7) is 2.93. The molecule has 0 saturated heterocycles. The Labute approximate surface area is 239 Å². The number of aromatic nitrogens is 5. The average Bonchev–Trinajstić information content (AvgIpc) is 3.37. The van der Waals surface area contributed by atoms with Gasteiger partial charge in [0.15, 0.2) is 28.8 Å². The minimum absolute atomic E-state index is 0.0485. The van der Waals surface area contributed by atoms with Gasteiger partial charge in [0.25, 0.3) is 5.91 Å². The van der Waals surface area contributed by atoms with Crippen molar-refractivity contribution >= 4 is 28.6 Å². The van der Waals surface area contributed by atoms with Crippen LogP contribution in [0.25, 0.3) is 22.2 Å². The molecule has 0 aliphatic rings. The molecule has 0 aliphatic carbocycles. The maximum absolute atomic E-state index is 13.7. The number of nitrogens with one attached hydrogen (secondary N) is 2. The van der Waals surface area contributed by atoms with Crippen LogP contribution in [-0.2, 0) is 13.1 Å². The number of halogens is 2. The lowest BCUT2D eigenvalue weighted by atomic mass is 10.0. The molecule has 5 rings (SSSR count). The Balaban J connectivity index is 1.34. The molecule has 1 amide bonds. The van der Waals surface area contributed by atoms with Gasteiger partial charge in [0.05, 0.1) is 17.6 Å². The summed E-state index contributed by atoms with van der Waals surface area (Å²) in [6.07, 6.45) is 4.63. The quantitative estimate of drug-likeness (QED) is 0.207. The SMILES string of the molecule is CC(NC(=O)c1nc(C#N)cnc1NCc1ccc(-c2cn(CCN)c3ncnc(N)c23)cc1)c1ccc(F)c(F)c1. The third-order valence-corrected chi connectivity index (χ3v) is 6.67. The van der Waals surface area contributed by atoms with E-state index in [2.05, 4.69) is 30.6 Å². The van der Waals surface area contributed by atoms with Crippen LogP contribution in [0.5, 0.6) is 0 Å². The lowest BCUT2D eigenvalue weighted by molar-refractivity contribution is 0.0935. The summed E-state index contributed by atoms with van der Waals surface area (Å²) in [4.78, 5) is 30.0. The van der Waals surface area contributed by atoms with Crippen molar-refractivity contribution in [3.63, 3.8) is 0 Å². The fourth-order valence-corrected chi connectivity index (χ4v) is 4.52. The van der Waals surface area contributed by atoms with Gasteiger partial charge in [-0.3, -0.25) is 4.79 Å². The monoisotopic (exact) mass is 568 g/mol. The first-order valence-corrected chi connectivity index (χ1v) is 12.9. The van der Waals surface area contributed by atoms with Crippen LogP contribution in [0, 0.1) is 23.0 Å². The Bertz CT molecular complexity index is 1810. The predicted molar refractivity (Wildman–Crippen MR) is 153 cm³/mol. The average molecular weight is 569 g/mol. The van der Waals surface area contributed by atoms with E-state index in [0.29, 0.717) is 36.7 Å². The van der Waals surface area contributed by atoms with E-state index in [1.807, 2.05) is 41.1 Å². The fourth-order valence-electron chi connectivity index (χ4n) is 4.52. The highest BCUT2D eigenvalue weighted by Gasteiger charge is 2.20. The van der Waals surface area contributed by atoms with Gasteiger partial charge < -0.3 is 26.7 Å². The van der Waals surface area contributed by atoms with Gasteiger partial charge in [-0.1, -0.05) is 30.3 Å². The number of hydrogen-bond acceptors (Lipinski definition) is 9. The number of benzene rings is 2. The minimum Gasteiger partial charge on any atom is -0.383 e. The van der Waals surface area contributed by atoms with Gasteiger partial charge in [-0.25, -0.2) is 28.7 Å². The summed E-state index contributed by atoms with van der Waals surface area (Å²) < 4.78 is 29.0. The van der Waals surface area contributed by atoms with Gasteiger partial charge in [0.1, 0.15) is 23.9 Å². The van der Waals surface area contributed by atoms with Gasteiger partial charge in [0, 0.05) is 31.4 Å². The zero-order valence-corrected chi connectivity index (χ0v) is 22.5. The van der Waals surface area contributed by atoms with E-state index >= 15 is 0 Å². The zero-order valence-electron chi connectivity index (χ0n) is 22.5. The highest BCUT2D eigenvalue weighted by molar-refractivity contribution is 6.00. The van der Waals surface area contributed by atoms with Crippen molar-refractivity contribution in [1.82, 2.24) is 29.8 Å². The molecule has 0 bridgehead atoms. The molecule has 42 heavy (non-hydrogen) atoms. The van der Waals surface area contributed by atoms with Crippen LogP contribution in [0.1, 0.15) is 40.3 Å². The Morgan fingerprint density at radius 2 is 1.90 bits per heavy atom. The van der Waals surface area contributed by atoms with Gasteiger partial charge in [0.2, 0.25) is 0 Å². The summed E-state index contributed by atoms with van der Waals surface area (Å²) in [5.41, 5.74) is 15.5. The molecule has 2 aromatic carbocycles. The lowest BCUT2D eigenvalue weighted by Gasteiger charge is -2.16. The first kappa shape index (κ1) is 28.1. The fraction of sp³-hybridized carbons (Fsp3) is 0.172. The number of anilines is 2. The molecule has 0 fully saturated rings. The van der Waals surface area contributed by atoms with Gasteiger partial charge in [-0.15, -0.1) is 0 Å². The van der Waals surface area contributed by atoms with Crippen molar-refractivity contribution in [3.05, 3.63) is 95.3 Å². The summed E-state index contributed by atoms with van der Waals surface area (Å²) in [5.74, 6) is -2.11. The second kappa shape index (κ2) is 11.9. The first-order valence-electron chi connectivity index (χ1n) is 12.9. The van der Waals surface area contributed by atoms with Crippen LogP contribution < -0.4 is 22.1 Å². The van der Waals surface area contributed by atoms with E-state index in [0.717, 1.165) is 34.2 Å². The standard InChI is InChI=1S/C29H26F2N10O/c1-16(19-6-7-22(30)23(31)10-19)39-29(42)25-27(36-13-20(11-33)40-25)35-12-17-2-4-18(5-3-17)21-14-41(9-8-32)28-24(21)26(34)37-15-38-28/h2-7,10,13-16H,8-9,12,32H2,1H3,(H,35,36)(H,39,42)(H2,34,37,38). The minimum atomic E-state index is -1.02.